The molecule has 0 bridgehead atoms. The minimum atomic E-state index is -0.807. The number of anilines is 2. The number of halogens is 2. The van der Waals surface area contributed by atoms with Crippen molar-refractivity contribution in [1.82, 2.24) is 0 Å². The third-order valence-electron chi connectivity index (χ3n) is 4.90. The van der Waals surface area contributed by atoms with Crippen LogP contribution >= 0.6 is 0 Å². The van der Waals surface area contributed by atoms with Crippen molar-refractivity contribution >= 4 is 23.2 Å². The number of carbonyl (C=O) groups is 2. The van der Waals surface area contributed by atoms with Crippen molar-refractivity contribution in [3.63, 3.8) is 0 Å². The van der Waals surface area contributed by atoms with E-state index in [1.54, 1.807) is 4.90 Å². The number of benzene rings is 2. The maximum atomic E-state index is 14.1. The summed E-state index contributed by atoms with van der Waals surface area (Å²) in [7, 11) is 0. The van der Waals surface area contributed by atoms with Crippen LogP contribution in [0.2, 0.25) is 0 Å². The molecule has 0 saturated carbocycles. The minimum absolute atomic E-state index is 0.00580. The maximum absolute atomic E-state index is 14.1. The van der Waals surface area contributed by atoms with E-state index >= 15 is 0 Å². The van der Waals surface area contributed by atoms with Gasteiger partial charge in [-0.3, -0.25) is 9.59 Å². The second-order valence-electron chi connectivity index (χ2n) is 6.87. The van der Waals surface area contributed by atoms with Crippen molar-refractivity contribution in [2.75, 3.05) is 22.9 Å². The average molecular weight is 372 g/mol. The summed E-state index contributed by atoms with van der Waals surface area (Å²) in [6.45, 7) is 6.36. The van der Waals surface area contributed by atoms with Crippen molar-refractivity contribution in [1.29, 1.82) is 0 Å². The highest BCUT2D eigenvalue weighted by molar-refractivity contribution is 6.04. The predicted octanol–water partition coefficient (Wildman–Crippen LogP) is 3.99. The molecule has 2 amide bonds. The number of hydrogen-bond acceptors (Lipinski definition) is 2. The van der Waals surface area contributed by atoms with Gasteiger partial charge in [-0.2, -0.15) is 0 Å². The summed E-state index contributed by atoms with van der Waals surface area (Å²) in [6, 6.07) is 8.93. The van der Waals surface area contributed by atoms with Crippen molar-refractivity contribution < 1.29 is 18.4 Å². The first-order valence-corrected chi connectivity index (χ1v) is 8.95. The molecule has 1 saturated heterocycles. The number of hydrogen-bond donors (Lipinski definition) is 0. The first-order chi connectivity index (χ1) is 12.8. The lowest BCUT2D eigenvalue weighted by atomic mass is 10.0. The molecule has 0 aliphatic carbocycles. The van der Waals surface area contributed by atoms with E-state index in [-0.39, 0.29) is 30.5 Å². The van der Waals surface area contributed by atoms with Gasteiger partial charge >= 0.3 is 0 Å². The average Bonchev–Trinajstić information content (AvgIpc) is 2.99. The fourth-order valence-electron chi connectivity index (χ4n) is 3.58. The quantitative estimate of drug-likeness (QED) is 0.814. The fraction of sp³-hybridized carbons (Fsp3) is 0.333. The summed E-state index contributed by atoms with van der Waals surface area (Å²) in [4.78, 5) is 28.3. The number of carbonyl (C=O) groups excluding carboxylic acids is 2. The van der Waals surface area contributed by atoms with Gasteiger partial charge in [0.1, 0.15) is 11.6 Å². The molecule has 1 aliphatic rings. The largest absolute Gasteiger partial charge is 0.312 e. The third kappa shape index (κ3) is 3.70. The van der Waals surface area contributed by atoms with E-state index < -0.39 is 17.6 Å². The lowest BCUT2D eigenvalue weighted by molar-refractivity contribution is -0.124. The number of rotatable bonds is 4. The molecule has 1 aliphatic heterocycles. The van der Waals surface area contributed by atoms with E-state index in [4.69, 9.17) is 0 Å². The first kappa shape index (κ1) is 19.0. The molecule has 1 atom stereocenters. The molecule has 2 aromatic rings. The Bertz CT molecular complexity index is 898. The van der Waals surface area contributed by atoms with Gasteiger partial charge in [0.2, 0.25) is 11.8 Å². The molecule has 0 spiro atoms. The zero-order valence-electron chi connectivity index (χ0n) is 15.6. The van der Waals surface area contributed by atoms with Gasteiger partial charge in [0.05, 0.1) is 11.6 Å². The van der Waals surface area contributed by atoms with Gasteiger partial charge in [-0.15, -0.1) is 0 Å². The summed E-state index contributed by atoms with van der Waals surface area (Å²) < 4.78 is 27.2. The molecule has 142 valence electrons. The molecule has 3 rings (SSSR count). The molecule has 0 radical (unpaired) electrons. The molecule has 0 N–H and O–H groups in total. The molecule has 6 heteroatoms. The SMILES string of the molecule is CCN(C(=O)C1CC(=O)N(c2ccc(F)cc2F)C1)c1ccc(C)cc1C. The maximum Gasteiger partial charge on any atom is 0.232 e. The smallest absolute Gasteiger partial charge is 0.232 e. The van der Waals surface area contributed by atoms with Crippen LogP contribution < -0.4 is 9.80 Å². The monoisotopic (exact) mass is 372 g/mol. The molecule has 0 aromatic heterocycles. The van der Waals surface area contributed by atoms with Gasteiger partial charge in [0, 0.05) is 31.3 Å². The molecule has 1 unspecified atom stereocenters. The van der Waals surface area contributed by atoms with E-state index in [1.165, 1.54) is 11.0 Å². The Morgan fingerprint density at radius 1 is 1.19 bits per heavy atom. The predicted molar refractivity (Wildman–Crippen MR) is 101 cm³/mol. The molecule has 2 aromatic carbocycles. The van der Waals surface area contributed by atoms with Crippen molar-refractivity contribution in [3.05, 3.63) is 59.2 Å². The fourth-order valence-corrected chi connectivity index (χ4v) is 3.58. The normalized spacial score (nSPS) is 16.7. The third-order valence-corrected chi connectivity index (χ3v) is 4.90. The second kappa shape index (κ2) is 7.47. The van der Waals surface area contributed by atoms with Gasteiger partial charge in [-0.25, -0.2) is 8.78 Å². The van der Waals surface area contributed by atoms with Gasteiger partial charge in [-0.1, -0.05) is 17.7 Å². The van der Waals surface area contributed by atoms with Gasteiger partial charge < -0.3 is 9.80 Å². The topological polar surface area (TPSA) is 40.6 Å². The number of amides is 2. The van der Waals surface area contributed by atoms with Gasteiger partial charge in [-0.05, 0) is 44.5 Å². The molecule has 1 heterocycles. The van der Waals surface area contributed by atoms with E-state index in [0.717, 1.165) is 28.9 Å². The van der Waals surface area contributed by atoms with Crippen LogP contribution in [0.3, 0.4) is 0 Å². The molecule has 4 nitrogen and oxygen atoms in total. The van der Waals surface area contributed by atoms with Crippen LogP contribution in [-0.4, -0.2) is 24.9 Å². The Balaban J connectivity index is 1.84. The zero-order chi connectivity index (χ0) is 19.7. The van der Waals surface area contributed by atoms with Crippen LogP contribution in [0.1, 0.15) is 24.5 Å². The van der Waals surface area contributed by atoms with E-state index in [9.17, 15) is 18.4 Å². The number of nitrogens with zero attached hydrogens (tertiary/aromatic N) is 2. The molecular formula is C21H22F2N2O2. The standard InChI is InChI=1S/C21H22F2N2O2/c1-4-24(18-7-5-13(2)9-14(18)3)21(27)15-10-20(26)25(12-15)19-8-6-16(22)11-17(19)23/h5-9,11,15H,4,10,12H2,1-3H3. The Kier molecular flexibility index (Phi) is 5.26. The first-order valence-electron chi connectivity index (χ1n) is 8.95. The highest BCUT2D eigenvalue weighted by Gasteiger charge is 2.38. The summed E-state index contributed by atoms with van der Waals surface area (Å²) in [6.07, 6.45) is 0.0110. The van der Waals surface area contributed by atoms with Crippen molar-refractivity contribution in [2.45, 2.75) is 27.2 Å². The van der Waals surface area contributed by atoms with E-state index in [2.05, 4.69) is 0 Å². The van der Waals surface area contributed by atoms with Crippen LogP contribution in [-0.2, 0) is 9.59 Å². The molecule has 1 fully saturated rings. The van der Waals surface area contributed by atoms with Crippen LogP contribution in [0.5, 0.6) is 0 Å². The summed E-state index contributed by atoms with van der Waals surface area (Å²) in [5.41, 5.74) is 2.91. The molecular weight excluding hydrogens is 350 g/mol. The summed E-state index contributed by atoms with van der Waals surface area (Å²) >= 11 is 0. The van der Waals surface area contributed by atoms with E-state index in [0.29, 0.717) is 6.54 Å². The van der Waals surface area contributed by atoms with Crippen molar-refractivity contribution in [3.8, 4) is 0 Å². The van der Waals surface area contributed by atoms with Crippen LogP contribution in [0.15, 0.2) is 36.4 Å². The second-order valence-corrected chi connectivity index (χ2v) is 6.87. The lowest BCUT2D eigenvalue weighted by Gasteiger charge is -2.26. The summed E-state index contributed by atoms with van der Waals surface area (Å²) in [5, 5.41) is 0. The zero-order valence-corrected chi connectivity index (χ0v) is 15.6. The Morgan fingerprint density at radius 3 is 2.56 bits per heavy atom. The highest BCUT2D eigenvalue weighted by atomic mass is 19.1. The van der Waals surface area contributed by atoms with Crippen LogP contribution in [0.25, 0.3) is 0 Å². The Morgan fingerprint density at radius 2 is 1.93 bits per heavy atom. The lowest BCUT2D eigenvalue weighted by Crippen LogP contribution is -2.38. The Labute approximate surface area is 157 Å². The van der Waals surface area contributed by atoms with Crippen LogP contribution in [0, 0.1) is 31.4 Å². The minimum Gasteiger partial charge on any atom is -0.312 e. The van der Waals surface area contributed by atoms with Crippen molar-refractivity contribution in [2.24, 2.45) is 5.92 Å². The highest BCUT2D eigenvalue weighted by Crippen LogP contribution is 2.31. The van der Waals surface area contributed by atoms with E-state index in [1.807, 2.05) is 39.0 Å². The summed E-state index contributed by atoms with van der Waals surface area (Å²) in [5.74, 6) is -2.58. The van der Waals surface area contributed by atoms with Gasteiger partial charge in [0.25, 0.3) is 0 Å². The van der Waals surface area contributed by atoms with Crippen LogP contribution in [0.4, 0.5) is 20.2 Å². The van der Waals surface area contributed by atoms with Gasteiger partial charge in [0.15, 0.2) is 0 Å². The molecule has 27 heavy (non-hydrogen) atoms. The number of aryl methyl sites for hydroxylation is 2. The Hall–Kier alpha value is -2.76.